The van der Waals surface area contributed by atoms with Gasteiger partial charge in [-0.15, -0.1) is 0 Å². The highest BCUT2D eigenvalue weighted by Gasteiger charge is 2.17. The zero-order chi connectivity index (χ0) is 19.3. The van der Waals surface area contributed by atoms with E-state index in [1.165, 1.54) is 12.4 Å². The Balaban J connectivity index is 1.51. The van der Waals surface area contributed by atoms with Crippen LogP contribution in [0.4, 0.5) is 11.6 Å². The first-order valence-corrected chi connectivity index (χ1v) is 8.85. The van der Waals surface area contributed by atoms with Crippen LogP contribution in [0.25, 0.3) is 11.3 Å². The van der Waals surface area contributed by atoms with Crippen molar-refractivity contribution in [1.82, 2.24) is 25.5 Å². The Morgan fingerprint density at radius 2 is 2.14 bits per heavy atom. The molecule has 0 bridgehead atoms. The lowest BCUT2D eigenvalue weighted by Gasteiger charge is -2.14. The van der Waals surface area contributed by atoms with Crippen molar-refractivity contribution in [2.24, 2.45) is 0 Å². The van der Waals surface area contributed by atoms with Crippen molar-refractivity contribution >= 4 is 11.6 Å². The predicted molar refractivity (Wildman–Crippen MR) is 103 cm³/mol. The number of rotatable bonds is 6. The summed E-state index contributed by atoms with van der Waals surface area (Å²) < 4.78 is 11.5. The number of ether oxygens (including phenoxy) is 2. The van der Waals surface area contributed by atoms with Crippen molar-refractivity contribution in [2.45, 2.75) is 12.5 Å². The number of aromatic amines is 1. The van der Waals surface area contributed by atoms with Crippen LogP contribution in [-0.4, -0.2) is 46.5 Å². The molecule has 3 heterocycles. The molecule has 1 saturated heterocycles. The van der Waals surface area contributed by atoms with Crippen LogP contribution in [0.2, 0.25) is 0 Å². The summed E-state index contributed by atoms with van der Waals surface area (Å²) in [6.07, 6.45) is 4.07. The topological polar surface area (TPSA) is 121 Å². The number of nitrogens with one attached hydrogen (secondary N) is 3. The molecule has 4 rings (SSSR count). The van der Waals surface area contributed by atoms with Crippen molar-refractivity contribution in [3.8, 4) is 28.8 Å². The maximum atomic E-state index is 8.78. The van der Waals surface area contributed by atoms with E-state index in [-0.39, 0.29) is 11.8 Å². The molecule has 0 saturated carbocycles. The molecule has 9 heteroatoms. The van der Waals surface area contributed by atoms with E-state index in [9.17, 15) is 0 Å². The third kappa shape index (κ3) is 3.87. The van der Waals surface area contributed by atoms with Gasteiger partial charge in [-0.1, -0.05) is 0 Å². The molecule has 0 spiro atoms. The first kappa shape index (κ1) is 17.8. The van der Waals surface area contributed by atoms with Crippen LogP contribution in [0.1, 0.15) is 12.1 Å². The average molecular weight is 377 g/mol. The van der Waals surface area contributed by atoms with E-state index in [0.29, 0.717) is 17.4 Å². The van der Waals surface area contributed by atoms with Gasteiger partial charge in [0.25, 0.3) is 0 Å². The van der Waals surface area contributed by atoms with Crippen molar-refractivity contribution in [3.05, 3.63) is 42.4 Å². The summed E-state index contributed by atoms with van der Waals surface area (Å²) >= 11 is 0. The van der Waals surface area contributed by atoms with Gasteiger partial charge in [0, 0.05) is 24.2 Å². The van der Waals surface area contributed by atoms with Crippen molar-refractivity contribution in [1.29, 1.82) is 5.26 Å². The molecular weight excluding hydrogens is 358 g/mol. The highest BCUT2D eigenvalue weighted by atomic mass is 16.5. The summed E-state index contributed by atoms with van der Waals surface area (Å²) in [6.45, 7) is 1.84. The Morgan fingerprint density at radius 1 is 1.21 bits per heavy atom. The number of methoxy groups -OCH3 is 1. The molecule has 2 aromatic heterocycles. The molecule has 3 aromatic rings. The molecule has 1 aromatic carbocycles. The van der Waals surface area contributed by atoms with Crippen molar-refractivity contribution in [2.75, 3.05) is 25.5 Å². The van der Waals surface area contributed by atoms with Gasteiger partial charge in [-0.05, 0) is 25.1 Å². The molecule has 1 atom stereocenters. The number of hydrogen-bond donors (Lipinski definition) is 3. The Kier molecular flexibility index (Phi) is 5.03. The van der Waals surface area contributed by atoms with Gasteiger partial charge in [0.05, 0.1) is 25.2 Å². The van der Waals surface area contributed by atoms with Gasteiger partial charge in [0.2, 0.25) is 0 Å². The van der Waals surface area contributed by atoms with Gasteiger partial charge >= 0.3 is 0 Å². The maximum Gasteiger partial charge on any atom is 0.158 e. The molecule has 1 aliphatic heterocycles. The lowest BCUT2D eigenvalue weighted by molar-refractivity contribution is 0.222. The van der Waals surface area contributed by atoms with Gasteiger partial charge < -0.3 is 20.1 Å². The highest BCUT2D eigenvalue weighted by Crippen LogP contribution is 2.34. The van der Waals surface area contributed by atoms with E-state index in [1.54, 1.807) is 7.11 Å². The summed E-state index contributed by atoms with van der Waals surface area (Å²) in [5, 5.41) is 22.3. The molecule has 28 heavy (non-hydrogen) atoms. The SMILES string of the molecule is COc1cc(OC2CCNC2)ccc1-c1cc(Nc2cnc(C#N)cn2)n[nH]1. The van der Waals surface area contributed by atoms with Gasteiger partial charge in [-0.25, -0.2) is 9.97 Å². The second kappa shape index (κ2) is 7.94. The Morgan fingerprint density at radius 3 is 2.86 bits per heavy atom. The second-order valence-electron chi connectivity index (χ2n) is 6.29. The van der Waals surface area contributed by atoms with Crippen LogP contribution >= 0.6 is 0 Å². The minimum Gasteiger partial charge on any atom is -0.496 e. The molecule has 3 N–H and O–H groups in total. The first-order chi connectivity index (χ1) is 13.7. The van der Waals surface area contributed by atoms with Gasteiger partial charge in [-0.2, -0.15) is 10.4 Å². The third-order valence-corrected chi connectivity index (χ3v) is 4.38. The number of H-pyrrole nitrogens is 1. The quantitative estimate of drug-likeness (QED) is 0.598. The summed E-state index contributed by atoms with van der Waals surface area (Å²) in [4.78, 5) is 8.10. The van der Waals surface area contributed by atoms with Crippen molar-refractivity contribution in [3.63, 3.8) is 0 Å². The number of anilines is 2. The molecule has 1 aliphatic rings. The number of nitrogens with zero attached hydrogens (tertiary/aromatic N) is 4. The molecule has 142 valence electrons. The van der Waals surface area contributed by atoms with E-state index in [2.05, 4.69) is 30.8 Å². The fraction of sp³-hybridized carbons (Fsp3) is 0.263. The molecule has 0 aliphatic carbocycles. The van der Waals surface area contributed by atoms with E-state index in [1.807, 2.05) is 30.3 Å². The van der Waals surface area contributed by atoms with Crippen LogP contribution in [-0.2, 0) is 0 Å². The first-order valence-electron chi connectivity index (χ1n) is 8.85. The van der Waals surface area contributed by atoms with Crippen LogP contribution < -0.4 is 20.1 Å². The average Bonchev–Trinajstić information content (AvgIpc) is 3.41. The Hall–Kier alpha value is -3.64. The smallest absolute Gasteiger partial charge is 0.158 e. The minimum absolute atomic E-state index is 0.187. The van der Waals surface area contributed by atoms with Crippen molar-refractivity contribution < 1.29 is 9.47 Å². The third-order valence-electron chi connectivity index (χ3n) is 4.38. The molecular formula is C19H19N7O2. The lowest BCUT2D eigenvalue weighted by atomic mass is 10.1. The molecule has 9 nitrogen and oxygen atoms in total. The maximum absolute atomic E-state index is 8.78. The van der Waals surface area contributed by atoms with Crippen LogP contribution in [0.5, 0.6) is 11.5 Å². The molecule has 1 fully saturated rings. The largest absolute Gasteiger partial charge is 0.496 e. The fourth-order valence-corrected chi connectivity index (χ4v) is 2.99. The summed E-state index contributed by atoms with van der Waals surface area (Å²) in [5.41, 5.74) is 1.91. The number of benzene rings is 1. The summed E-state index contributed by atoms with van der Waals surface area (Å²) in [7, 11) is 1.63. The minimum atomic E-state index is 0.187. The molecule has 0 amide bonds. The lowest BCUT2D eigenvalue weighted by Crippen LogP contribution is -2.19. The summed E-state index contributed by atoms with van der Waals surface area (Å²) in [5.74, 6) is 2.54. The van der Waals surface area contributed by atoms with E-state index >= 15 is 0 Å². The Labute approximate surface area is 161 Å². The number of aromatic nitrogens is 4. The van der Waals surface area contributed by atoms with E-state index in [0.717, 1.165) is 36.5 Å². The second-order valence-corrected chi connectivity index (χ2v) is 6.29. The standard InChI is InChI=1S/C19H19N7O2/c1-27-17-6-13(28-14-4-5-21-10-14)2-3-15(17)16-7-18(26-25-16)24-19-11-22-12(8-20)9-23-19/h2-3,6-7,9,11,14,21H,4-5,10H2,1H3,(H2,23,24,25,26). The molecule has 0 radical (unpaired) electrons. The fourth-order valence-electron chi connectivity index (χ4n) is 2.99. The zero-order valence-electron chi connectivity index (χ0n) is 15.3. The predicted octanol–water partition coefficient (Wildman–Crippen LogP) is 2.23. The van der Waals surface area contributed by atoms with Crippen LogP contribution in [0.3, 0.4) is 0 Å². The Bertz CT molecular complexity index is 988. The monoisotopic (exact) mass is 377 g/mol. The van der Waals surface area contributed by atoms with Gasteiger partial charge in [0.1, 0.15) is 29.5 Å². The summed E-state index contributed by atoms with van der Waals surface area (Å²) in [6, 6.07) is 9.53. The zero-order valence-corrected chi connectivity index (χ0v) is 15.3. The number of nitriles is 1. The van der Waals surface area contributed by atoms with Crippen LogP contribution in [0.15, 0.2) is 36.7 Å². The molecule has 1 unspecified atom stereocenters. The highest BCUT2D eigenvalue weighted by molar-refractivity contribution is 5.71. The van der Waals surface area contributed by atoms with E-state index < -0.39 is 0 Å². The van der Waals surface area contributed by atoms with Crippen LogP contribution in [0, 0.1) is 11.3 Å². The number of hydrogen-bond acceptors (Lipinski definition) is 8. The van der Waals surface area contributed by atoms with Gasteiger partial charge in [-0.3, -0.25) is 5.10 Å². The van der Waals surface area contributed by atoms with E-state index in [4.69, 9.17) is 14.7 Å². The van der Waals surface area contributed by atoms with Gasteiger partial charge in [0.15, 0.2) is 11.5 Å². The normalized spacial score (nSPS) is 15.8.